The zero-order valence-electron chi connectivity index (χ0n) is 10.4. The van der Waals surface area contributed by atoms with E-state index in [1.807, 2.05) is 36.5 Å². The molecule has 3 aromatic rings. The summed E-state index contributed by atoms with van der Waals surface area (Å²) in [5.74, 6) is 0.619. The minimum Gasteiger partial charge on any atom is -0.257 e. The van der Waals surface area contributed by atoms with Crippen LogP contribution in [0.15, 0.2) is 48.9 Å². The molecule has 2 heterocycles. The molecule has 0 bridgehead atoms. The van der Waals surface area contributed by atoms with Crippen molar-refractivity contribution in [3.63, 3.8) is 0 Å². The van der Waals surface area contributed by atoms with E-state index in [1.54, 1.807) is 17.1 Å². The molecule has 3 rings (SSSR count). The highest BCUT2D eigenvalue weighted by Gasteiger charge is 2.07. The molecule has 0 spiro atoms. The monoisotopic (exact) mass is 304 g/mol. The van der Waals surface area contributed by atoms with Gasteiger partial charge < -0.3 is 0 Å². The van der Waals surface area contributed by atoms with Gasteiger partial charge in [0.15, 0.2) is 5.82 Å². The molecule has 0 amide bonds. The van der Waals surface area contributed by atoms with Crippen molar-refractivity contribution < 1.29 is 0 Å². The van der Waals surface area contributed by atoms with Crippen molar-refractivity contribution >= 4 is 23.2 Å². The normalized spacial score (nSPS) is 10.7. The lowest BCUT2D eigenvalue weighted by atomic mass is 10.1. The van der Waals surface area contributed by atoms with Crippen LogP contribution in [0.1, 0.15) is 0 Å². The van der Waals surface area contributed by atoms with Crippen LogP contribution in [-0.4, -0.2) is 19.7 Å². The molecule has 0 unspecified atom stereocenters. The van der Waals surface area contributed by atoms with E-state index in [1.165, 1.54) is 0 Å². The van der Waals surface area contributed by atoms with Crippen LogP contribution in [0.2, 0.25) is 5.02 Å². The molecule has 0 fully saturated rings. The first kappa shape index (κ1) is 13.1. The van der Waals surface area contributed by atoms with Crippen molar-refractivity contribution in [1.29, 1.82) is 0 Å². The van der Waals surface area contributed by atoms with Crippen LogP contribution < -0.4 is 0 Å². The topological polar surface area (TPSA) is 43.6 Å². The third-order valence-electron chi connectivity index (χ3n) is 2.81. The Morgan fingerprint density at radius 3 is 2.55 bits per heavy atom. The van der Waals surface area contributed by atoms with Gasteiger partial charge in [-0.1, -0.05) is 23.7 Å². The quantitative estimate of drug-likeness (QED) is 0.690. The van der Waals surface area contributed by atoms with Crippen LogP contribution in [0.25, 0.3) is 22.6 Å². The largest absolute Gasteiger partial charge is 0.257 e. The molecule has 1 aromatic carbocycles. The van der Waals surface area contributed by atoms with Crippen molar-refractivity contribution in [2.75, 3.05) is 0 Å². The molecule has 20 heavy (non-hydrogen) atoms. The van der Waals surface area contributed by atoms with Gasteiger partial charge in [0.1, 0.15) is 6.00 Å². The molecule has 0 saturated heterocycles. The minimum absolute atomic E-state index is 0.302. The molecule has 2 aromatic heterocycles. The lowest BCUT2D eigenvalue weighted by molar-refractivity contribution is 0.744. The van der Waals surface area contributed by atoms with Crippen LogP contribution in [-0.2, 0) is 6.00 Å². The summed E-state index contributed by atoms with van der Waals surface area (Å²) >= 11 is 11.6. The van der Waals surface area contributed by atoms with E-state index in [9.17, 15) is 0 Å². The Kier molecular flexibility index (Phi) is 3.67. The van der Waals surface area contributed by atoms with Crippen LogP contribution in [0.4, 0.5) is 0 Å². The zero-order chi connectivity index (χ0) is 13.9. The maximum Gasteiger partial charge on any atom is 0.162 e. The van der Waals surface area contributed by atoms with Gasteiger partial charge in [-0.3, -0.25) is 4.68 Å². The molecule has 0 saturated carbocycles. The summed E-state index contributed by atoms with van der Waals surface area (Å²) < 4.78 is 1.62. The molecule has 0 aliphatic heterocycles. The van der Waals surface area contributed by atoms with Crippen molar-refractivity contribution in [3.05, 3.63) is 53.9 Å². The smallest absolute Gasteiger partial charge is 0.162 e. The van der Waals surface area contributed by atoms with E-state index in [2.05, 4.69) is 15.1 Å². The molecule has 0 aliphatic rings. The number of nitrogens with zero attached hydrogens (tertiary/aromatic N) is 4. The molecular formula is C14H10Cl2N4. The molecule has 4 nitrogen and oxygen atoms in total. The summed E-state index contributed by atoms with van der Waals surface area (Å²) in [5, 5.41) is 4.81. The Hall–Kier alpha value is -1.91. The van der Waals surface area contributed by atoms with Gasteiger partial charge in [-0.05, 0) is 18.2 Å². The summed E-state index contributed by atoms with van der Waals surface area (Å²) in [6.45, 7) is 0. The minimum atomic E-state index is 0.302. The first-order chi connectivity index (χ1) is 9.76. The van der Waals surface area contributed by atoms with E-state index >= 15 is 0 Å². The van der Waals surface area contributed by atoms with E-state index in [0.29, 0.717) is 16.9 Å². The number of alkyl halides is 1. The van der Waals surface area contributed by atoms with Gasteiger partial charge in [0.25, 0.3) is 0 Å². The van der Waals surface area contributed by atoms with E-state index < -0.39 is 0 Å². The molecule has 0 aliphatic carbocycles. The van der Waals surface area contributed by atoms with Crippen molar-refractivity contribution in [2.24, 2.45) is 0 Å². The standard InChI is InChI=1S/C14H10Cl2N4/c15-9-20-8-11(7-18-20)14-17-6-5-13(19-14)10-1-3-12(16)4-2-10/h1-8H,9H2. The average molecular weight is 305 g/mol. The van der Waals surface area contributed by atoms with Gasteiger partial charge >= 0.3 is 0 Å². The number of hydrogen-bond donors (Lipinski definition) is 0. The number of benzene rings is 1. The molecule has 0 N–H and O–H groups in total. The summed E-state index contributed by atoms with van der Waals surface area (Å²) in [4.78, 5) is 8.81. The lowest BCUT2D eigenvalue weighted by Gasteiger charge is -2.02. The van der Waals surface area contributed by atoms with Gasteiger partial charge in [-0.15, -0.1) is 11.6 Å². The van der Waals surface area contributed by atoms with Gasteiger partial charge in [0.05, 0.1) is 17.5 Å². The Balaban J connectivity index is 1.98. The summed E-state index contributed by atoms with van der Waals surface area (Å²) in [7, 11) is 0. The van der Waals surface area contributed by atoms with Gasteiger partial charge in [0.2, 0.25) is 0 Å². The second kappa shape index (κ2) is 5.61. The first-order valence-corrected chi connectivity index (χ1v) is 6.85. The zero-order valence-corrected chi connectivity index (χ0v) is 11.9. The predicted molar refractivity (Wildman–Crippen MR) is 79.6 cm³/mol. The summed E-state index contributed by atoms with van der Waals surface area (Å²) in [5.41, 5.74) is 2.66. The van der Waals surface area contributed by atoms with Crippen molar-refractivity contribution in [2.45, 2.75) is 6.00 Å². The molecule has 0 radical (unpaired) electrons. The maximum atomic E-state index is 5.89. The van der Waals surface area contributed by atoms with Gasteiger partial charge in [-0.2, -0.15) is 5.10 Å². The van der Waals surface area contributed by atoms with E-state index in [0.717, 1.165) is 16.8 Å². The fraction of sp³-hybridized carbons (Fsp3) is 0.0714. The second-order valence-corrected chi connectivity index (χ2v) is 4.84. The first-order valence-electron chi connectivity index (χ1n) is 5.94. The third kappa shape index (κ3) is 2.66. The number of hydrogen-bond acceptors (Lipinski definition) is 3. The van der Waals surface area contributed by atoms with E-state index in [-0.39, 0.29) is 0 Å². The highest BCUT2D eigenvalue weighted by atomic mass is 35.5. The fourth-order valence-electron chi connectivity index (χ4n) is 1.82. The number of rotatable bonds is 3. The third-order valence-corrected chi connectivity index (χ3v) is 3.31. The molecular weight excluding hydrogens is 295 g/mol. The van der Waals surface area contributed by atoms with Gasteiger partial charge in [-0.25, -0.2) is 9.97 Å². The van der Waals surface area contributed by atoms with Gasteiger partial charge in [0, 0.05) is 23.0 Å². The summed E-state index contributed by atoms with van der Waals surface area (Å²) in [6, 6.07) is 9.69. The predicted octanol–water partition coefficient (Wildman–Crippen LogP) is 3.86. The van der Waals surface area contributed by atoms with Crippen LogP contribution in [0.3, 0.4) is 0 Å². The Morgan fingerprint density at radius 2 is 1.85 bits per heavy atom. The fourth-order valence-corrected chi connectivity index (χ4v) is 2.08. The molecule has 100 valence electrons. The Morgan fingerprint density at radius 1 is 1.05 bits per heavy atom. The molecule has 0 atom stereocenters. The average Bonchev–Trinajstić information content (AvgIpc) is 2.97. The number of halogens is 2. The SMILES string of the molecule is ClCn1cc(-c2nccc(-c3ccc(Cl)cc3)n2)cn1. The molecule has 6 heteroatoms. The Labute approximate surface area is 126 Å². The van der Waals surface area contributed by atoms with E-state index in [4.69, 9.17) is 23.2 Å². The number of aromatic nitrogens is 4. The lowest BCUT2D eigenvalue weighted by Crippen LogP contribution is -1.91. The van der Waals surface area contributed by atoms with Crippen LogP contribution in [0, 0.1) is 0 Å². The second-order valence-electron chi connectivity index (χ2n) is 4.16. The highest BCUT2D eigenvalue weighted by molar-refractivity contribution is 6.30. The summed E-state index contributed by atoms with van der Waals surface area (Å²) in [6.07, 6.45) is 5.24. The van der Waals surface area contributed by atoms with Crippen LogP contribution in [0.5, 0.6) is 0 Å². The van der Waals surface area contributed by atoms with Crippen LogP contribution >= 0.6 is 23.2 Å². The van der Waals surface area contributed by atoms with Crippen molar-refractivity contribution in [3.8, 4) is 22.6 Å². The maximum absolute atomic E-state index is 5.89. The highest BCUT2D eigenvalue weighted by Crippen LogP contribution is 2.22. The van der Waals surface area contributed by atoms with Crippen molar-refractivity contribution in [1.82, 2.24) is 19.7 Å². The Bertz CT molecular complexity index is 722.